The molecule has 0 radical (unpaired) electrons. The first kappa shape index (κ1) is 27.9. The number of hydrogen-bond donors (Lipinski definition) is 0. The smallest absolute Gasteiger partial charge is 0.337 e. The third-order valence-corrected chi connectivity index (χ3v) is 8.37. The molecule has 0 amide bonds. The molecule has 0 saturated carbocycles. The van der Waals surface area contributed by atoms with Gasteiger partial charge in [0.25, 0.3) is 0 Å². The average Bonchev–Trinajstić information content (AvgIpc) is 3.69. The van der Waals surface area contributed by atoms with Gasteiger partial charge in [0.1, 0.15) is 24.1 Å². The third-order valence-electron chi connectivity index (χ3n) is 8.37. The number of imidazole rings is 1. The van der Waals surface area contributed by atoms with Crippen LogP contribution in [0.5, 0.6) is 6.01 Å². The van der Waals surface area contributed by atoms with Gasteiger partial charge in [-0.2, -0.15) is 10.2 Å². The van der Waals surface area contributed by atoms with Crippen LogP contribution in [0, 0.1) is 17.1 Å². The summed E-state index contributed by atoms with van der Waals surface area (Å²) in [6.45, 7) is 5.27. The van der Waals surface area contributed by atoms with Crippen molar-refractivity contribution >= 4 is 22.8 Å². The Labute approximate surface area is 253 Å². The summed E-state index contributed by atoms with van der Waals surface area (Å²) in [6, 6.07) is 13.7. The first-order valence-corrected chi connectivity index (χ1v) is 14.5. The molecule has 4 aromatic rings. The number of benzene rings is 2. The van der Waals surface area contributed by atoms with E-state index in [9.17, 15) is 9.18 Å². The molecule has 11 nitrogen and oxygen atoms in total. The largest absolute Gasteiger partial charge is 0.465 e. The fraction of sp³-hybridized carbons (Fsp3) is 0.344. The minimum Gasteiger partial charge on any atom is -0.465 e. The number of rotatable bonds is 9. The van der Waals surface area contributed by atoms with E-state index in [1.54, 1.807) is 18.3 Å². The molecular formula is C32H30FN7O4. The van der Waals surface area contributed by atoms with Crippen LogP contribution < -0.4 is 9.64 Å². The third kappa shape index (κ3) is 5.47. The van der Waals surface area contributed by atoms with Gasteiger partial charge in [-0.25, -0.2) is 19.2 Å². The normalized spacial score (nSPS) is 17.9. The van der Waals surface area contributed by atoms with Crippen LogP contribution in [0.15, 0.2) is 59.8 Å². The van der Waals surface area contributed by atoms with Crippen molar-refractivity contribution in [3.05, 3.63) is 88.1 Å². The van der Waals surface area contributed by atoms with Crippen LogP contribution in [0.2, 0.25) is 0 Å². The Morgan fingerprint density at radius 2 is 1.93 bits per heavy atom. The highest BCUT2D eigenvalue weighted by Crippen LogP contribution is 2.31. The Kier molecular flexibility index (Phi) is 7.41. The number of methoxy groups -OCH3 is 1. The molecule has 2 aromatic carbocycles. The van der Waals surface area contributed by atoms with Gasteiger partial charge in [0.2, 0.25) is 0 Å². The second-order valence-corrected chi connectivity index (χ2v) is 11.2. The van der Waals surface area contributed by atoms with E-state index in [0.29, 0.717) is 24.2 Å². The number of carbonyl (C=O) groups is 1. The van der Waals surface area contributed by atoms with Crippen molar-refractivity contribution in [1.29, 1.82) is 5.26 Å². The molecule has 0 N–H and O–H groups in total. The number of carbonyl (C=O) groups excluding carboxylic acids is 1. The van der Waals surface area contributed by atoms with Crippen LogP contribution in [0.25, 0.3) is 11.0 Å². The second kappa shape index (κ2) is 11.7. The maximum Gasteiger partial charge on any atom is 0.337 e. The summed E-state index contributed by atoms with van der Waals surface area (Å²) < 4.78 is 32.8. The number of anilines is 1. The van der Waals surface area contributed by atoms with E-state index in [2.05, 4.69) is 24.3 Å². The lowest BCUT2D eigenvalue weighted by atomic mass is 10.1. The van der Waals surface area contributed by atoms with Gasteiger partial charge < -0.3 is 23.7 Å². The molecule has 1 atom stereocenters. The fourth-order valence-electron chi connectivity index (χ4n) is 5.96. The zero-order chi connectivity index (χ0) is 30.2. The Hall–Kier alpha value is -4.86. The molecule has 3 aliphatic rings. The lowest BCUT2D eigenvalue weighted by molar-refractivity contribution is -0.0591. The van der Waals surface area contributed by atoms with Crippen molar-refractivity contribution in [3.8, 4) is 12.1 Å². The summed E-state index contributed by atoms with van der Waals surface area (Å²) in [5.74, 6) is 0.836. The van der Waals surface area contributed by atoms with Crippen LogP contribution in [0.3, 0.4) is 0 Å². The minimum absolute atomic E-state index is 0.0354. The molecule has 44 heavy (non-hydrogen) atoms. The van der Waals surface area contributed by atoms with Crippen molar-refractivity contribution < 1.29 is 23.4 Å². The second-order valence-electron chi connectivity index (χ2n) is 11.2. The Morgan fingerprint density at radius 3 is 2.64 bits per heavy atom. The van der Waals surface area contributed by atoms with Crippen LogP contribution >= 0.6 is 0 Å². The molecule has 0 aliphatic carbocycles. The molecule has 0 spiro atoms. The summed E-state index contributed by atoms with van der Waals surface area (Å²) in [5.41, 5.74) is 5.58. The summed E-state index contributed by atoms with van der Waals surface area (Å²) >= 11 is 0. The van der Waals surface area contributed by atoms with Crippen LogP contribution in [0.1, 0.15) is 33.7 Å². The van der Waals surface area contributed by atoms with Gasteiger partial charge in [0, 0.05) is 44.5 Å². The highest BCUT2D eigenvalue weighted by Gasteiger charge is 2.32. The summed E-state index contributed by atoms with van der Waals surface area (Å²) in [6.07, 6.45) is 2.80. The van der Waals surface area contributed by atoms with E-state index in [-0.39, 0.29) is 30.3 Å². The quantitative estimate of drug-likeness (QED) is 0.210. The molecule has 7 rings (SSSR count). The van der Waals surface area contributed by atoms with E-state index in [0.717, 1.165) is 61.9 Å². The van der Waals surface area contributed by atoms with E-state index in [1.807, 2.05) is 24.3 Å². The van der Waals surface area contributed by atoms with Gasteiger partial charge in [-0.15, -0.1) is 0 Å². The van der Waals surface area contributed by atoms with Crippen molar-refractivity contribution in [3.63, 3.8) is 0 Å². The number of nitriles is 1. The summed E-state index contributed by atoms with van der Waals surface area (Å²) in [7, 11) is 1.39. The molecule has 1 saturated heterocycles. The number of esters is 1. The number of ether oxygens (including phenoxy) is 3. The van der Waals surface area contributed by atoms with Gasteiger partial charge >= 0.3 is 12.0 Å². The van der Waals surface area contributed by atoms with Gasteiger partial charge in [0.15, 0.2) is 0 Å². The first-order chi connectivity index (χ1) is 21.5. The summed E-state index contributed by atoms with van der Waals surface area (Å²) in [5, 5.41) is 8.94. The summed E-state index contributed by atoms with van der Waals surface area (Å²) in [4.78, 5) is 30.5. The predicted octanol–water partition coefficient (Wildman–Crippen LogP) is 3.62. The molecule has 0 bridgehead atoms. The number of fused-ring (bicyclic) bond motifs is 1. The topological polar surface area (TPSA) is 119 Å². The highest BCUT2D eigenvalue weighted by molar-refractivity contribution is 5.93. The molecular weight excluding hydrogens is 565 g/mol. The van der Waals surface area contributed by atoms with Crippen molar-refractivity contribution in [2.75, 3.05) is 44.8 Å². The highest BCUT2D eigenvalue weighted by atomic mass is 19.1. The maximum absolute atomic E-state index is 14.3. The zero-order valence-corrected chi connectivity index (χ0v) is 24.2. The molecule has 3 aliphatic heterocycles. The average molecular weight is 596 g/mol. The van der Waals surface area contributed by atoms with Gasteiger partial charge in [-0.05, 0) is 54.0 Å². The predicted molar refractivity (Wildman–Crippen MR) is 157 cm³/mol. The van der Waals surface area contributed by atoms with E-state index in [4.69, 9.17) is 24.5 Å². The molecule has 1 unspecified atom stereocenters. The standard InChI is InChI=1S/C32H30FN7O4/c1-42-31(41)21-4-5-27-28(11-21)40(17-25-7-9-43-25)30(36-27)18-38-13-23-15-39(16-24(23)14-38)29-6-8-35-32(37-29)44-19-22-3-2-20(12-34)10-26(22)33/h2-6,8,10-11,25H,7,9,13-19H2,1H3. The lowest BCUT2D eigenvalue weighted by Gasteiger charge is -2.28. The first-order valence-electron chi connectivity index (χ1n) is 14.5. The van der Waals surface area contributed by atoms with Gasteiger partial charge in [0.05, 0.1) is 54.5 Å². The molecule has 1 fully saturated rings. The van der Waals surface area contributed by atoms with Gasteiger partial charge in [-0.3, -0.25) is 4.90 Å². The van der Waals surface area contributed by atoms with E-state index in [1.165, 1.54) is 30.4 Å². The van der Waals surface area contributed by atoms with Crippen LogP contribution in [-0.2, 0) is 29.2 Å². The number of hydrogen-bond acceptors (Lipinski definition) is 10. The van der Waals surface area contributed by atoms with Crippen molar-refractivity contribution in [1.82, 2.24) is 24.4 Å². The van der Waals surface area contributed by atoms with Crippen LogP contribution in [-0.4, -0.2) is 76.4 Å². The monoisotopic (exact) mass is 595 g/mol. The molecule has 2 aromatic heterocycles. The lowest BCUT2D eigenvalue weighted by Crippen LogP contribution is -2.33. The van der Waals surface area contributed by atoms with Crippen molar-refractivity contribution in [2.24, 2.45) is 0 Å². The zero-order valence-electron chi connectivity index (χ0n) is 24.2. The molecule has 5 heterocycles. The number of nitrogens with zero attached hydrogens (tertiary/aromatic N) is 7. The van der Waals surface area contributed by atoms with Crippen molar-refractivity contribution in [2.45, 2.75) is 32.2 Å². The maximum atomic E-state index is 14.3. The number of aromatic nitrogens is 4. The molecule has 12 heteroatoms. The van der Waals surface area contributed by atoms with Gasteiger partial charge in [-0.1, -0.05) is 6.07 Å². The minimum atomic E-state index is -0.497. The SMILES string of the molecule is COC(=O)c1ccc2nc(CN3CC4=C(C3)CN(c3ccnc(OCc5ccc(C#N)cc5F)n3)C4)n(CC3CCO3)c2c1. The molecule has 224 valence electrons. The Bertz CT molecular complexity index is 1810. The Balaban J connectivity index is 1.00. The van der Waals surface area contributed by atoms with Crippen LogP contribution in [0.4, 0.5) is 10.2 Å². The number of halogens is 1. The van der Waals surface area contributed by atoms with E-state index < -0.39 is 5.82 Å². The fourth-order valence-corrected chi connectivity index (χ4v) is 5.96. The Morgan fingerprint density at radius 1 is 1.11 bits per heavy atom. The van der Waals surface area contributed by atoms with E-state index >= 15 is 0 Å².